The third-order valence-electron chi connectivity index (χ3n) is 2.24. The Balaban J connectivity index is 2.29. The van der Waals surface area contributed by atoms with E-state index in [0.717, 1.165) is 6.07 Å². The Bertz CT molecular complexity index is 543. The van der Waals surface area contributed by atoms with Gasteiger partial charge in [0.15, 0.2) is 11.6 Å². The summed E-state index contributed by atoms with van der Waals surface area (Å²) in [6.07, 6.45) is 0. The van der Waals surface area contributed by atoms with Gasteiger partial charge in [0.05, 0.1) is 11.1 Å². The van der Waals surface area contributed by atoms with Crippen molar-refractivity contribution in [2.75, 3.05) is 0 Å². The highest BCUT2D eigenvalue weighted by Gasteiger charge is 2.14. The van der Waals surface area contributed by atoms with Crippen molar-refractivity contribution in [1.82, 2.24) is 9.97 Å². The molecular formula is C12H14F2N2O. The van der Waals surface area contributed by atoms with Crippen LogP contribution in [0.15, 0.2) is 12.1 Å². The summed E-state index contributed by atoms with van der Waals surface area (Å²) < 4.78 is 31.9. The summed E-state index contributed by atoms with van der Waals surface area (Å²) in [6, 6.07) is 2.53. The van der Waals surface area contributed by atoms with Gasteiger partial charge in [-0.05, 0) is 32.9 Å². The second-order valence-corrected chi connectivity index (χ2v) is 4.84. The van der Waals surface area contributed by atoms with Crippen LogP contribution in [0.25, 0.3) is 11.0 Å². The Morgan fingerprint density at radius 3 is 2.65 bits per heavy atom. The van der Waals surface area contributed by atoms with Gasteiger partial charge < -0.3 is 9.72 Å². The summed E-state index contributed by atoms with van der Waals surface area (Å²) in [5, 5.41) is 0. The molecule has 0 fully saturated rings. The van der Waals surface area contributed by atoms with Gasteiger partial charge in [0.2, 0.25) is 0 Å². The minimum atomic E-state index is -0.930. The van der Waals surface area contributed by atoms with Gasteiger partial charge in [0.25, 0.3) is 0 Å². The lowest BCUT2D eigenvalue weighted by molar-refractivity contribution is -0.0177. The zero-order valence-corrected chi connectivity index (χ0v) is 9.97. The second kappa shape index (κ2) is 4.07. The van der Waals surface area contributed by atoms with Crippen molar-refractivity contribution < 1.29 is 13.5 Å². The second-order valence-electron chi connectivity index (χ2n) is 4.84. The number of hydrogen-bond donors (Lipinski definition) is 1. The summed E-state index contributed by atoms with van der Waals surface area (Å²) in [5.74, 6) is -1.34. The summed E-state index contributed by atoms with van der Waals surface area (Å²) in [7, 11) is 0. The van der Waals surface area contributed by atoms with E-state index in [1.165, 1.54) is 6.07 Å². The van der Waals surface area contributed by atoms with Crippen LogP contribution < -0.4 is 0 Å². The molecule has 1 aromatic carbocycles. The van der Waals surface area contributed by atoms with Crippen molar-refractivity contribution in [2.24, 2.45) is 0 Å². The first kappa shape index (κ1) is 12.0. The smallest absolute Gasteiger partial charge is 0.186 e. The first-order valence-corrected chi connectivity index (χ1v) is 5.33. The van der Waals surface area contributed by atoms with Gasteiger partial charge in [0, 0.05) is 0 Å². The fraction of sp³-hybridized carbons (Fsp3) is 0.417. The van der Waals surface area contributed by atoms with Gasteiger partial charge in [-0.2, -0.15) is 0 Å². The van der Waals surface area contributed by atoms with E-state index in [1.54, 1.807) is 0 Å². The molecule has 0 amide bonds. The molecule has 0 aliphatic heterocycles. The quantitative estimate of drug-likeness (QED) is 0.875. The lowest BCUT2D eigenvalue weighted by atomic mass is 10.2. The van der Waals surface area contributed by atoms with Gasteiger partial charge in [-0.15, -0.1) is 0 Å². The molecule has 0 atom stereocenters. The molecule has 0 radical (unpaired) electrons. The van der Waals surface area contributed by atoms with Crippen LogP contribution in [-0.2, 0) is 11.3 Å². The van der Waals surface area contributed by atoms with Crippen molar-refractivity contribution in [3.05, 3.63) is 29.6 Å². The van der Waals surface area contributed by atoms with Gasteiger partial charge in [-0.1, -0.05) is 0 Å². The van der Waals surface area contributed by atoms with Crippen molar-refractivity contribution in [2.45, 2.75) is 33.0 Å². The Morgan fingerprint density at radius 2 is 2.00 bits per heavy atom. The fourth-order valence-corrected chi connectivity index (χ4v) is 1.42. The normalized spacial score (nSPS) is 12.3. The van der Waals surface area contributed by atoms with E-state index in [-0.39, 0.29) is 17.7 Å². The number of aromatic nitrogens is 2. The number of benzene rings is 1. The van der Waals surface area contributed by atoms with Gasteiger partial charge in [-0.25, -0.2) is 13.8 Å². The van der Waals surface area contributed by atoms with E-state index in [1.807, 2.05) is 20.8 Å². The van der Waals surface area contributed by atoms with Crippen LogP contribution in [-0.4, -0.2) is 15.6 Å². The van der Waals surface area contributed by atoms with Crippen LogP contribution in [0.3, 0.4) is 0 Å². The number of aromatic amines is 1. The molecule has 0 aliphatic carbocycles. The maximum atomic E-state index is 13.4. The van der Waals surface area contributed by atoms with Crippen LogP contribution in [0.5, 0.6) is 0 Å². The summed E-state index contributed by atoms with van der Waals surface area (Å²) >= 11 is 0. The number of nitrogens with zero attached hydrogens (tertiary/aromatic N) is 1. The minimum Gasteiger partial charge on any atom is -0.368 e. The van der Waals surface area contributed by atoms with Crippen LogP contribution in [0.1, 0.15) is 26.6 Å². The third kappa shape index (κ3) is 2.61. The molecular weight excluding hydrogens is 226 g/mol. The Morgan fingerprint density at radius 1 is 1.29 bits per heavy atom. The SMILES string of the molecule is CC(C)(C)OCc1nc2c(F)c(F)ccc2[nH]1. The highest BCUT2D eigenvalue weighted by molar-refractivity contribution is 5.75. The van der Waals surface area contributed by atoms with E-state index in [4.69, 9.17) is 4.74 Å². The van der Waals surface area contributed by atoms with Crippen molar-refractivity contribution >= 4 is 11.0 Å². The Hall–Kier alpha value is -1.49. The highest BCUT2D eigenvalue weighted by atomic mass is 19.2. The van der Waals surface area contributed by atoms with Gasteiger partial charge in [0.1, 0.15) is 17.9 Å². The molecule has 0 unspecified atom stereocenters. The number of H-pyrrole nitrogens is 1. The van der Waals surface area contributed by atoms with Gasteiger partial charge in [-0.3, -0.25) is 0 Å². The molecule has 3 nitrogen and oxygen atoms in total. The molecule has 5 heteroatoms. The molecule has 17 heavy (non-hydrogen) atoms. The van der Waals surface area contributed by atoms with E-state index in [0.29, 0.717) is 11.3 Å². The molecule has 0 saturated heterocycles. The lowest BCUT2D eigenvalue weighted by Crippen LogP contribution is -2.19. The van der Waals surface area contributed by atoms with Crippen LogP contribution in [0.2, 0.25) is 0 Å². The van der Waals surface area contributed by atoms with Crippen molar-refractivity contribution in [3.63, 3.8) is 0 Å². The van der Waals surface area contributed by atoms with E-state index >= 15 is 0 Å². The maximum absolute atomic E-state index is 13.4. The number of hydrogen-bond acceptors (Lipinski definition) is 2. The van der Waals surface area contributed by atoms with Gasteiger partial charge >= 0.3 is 0 Å². The van der Waals surface area contributed by atoms with Crippen LogP contribution >= 0.6 is 0 Å². The van der Waals surface area contributed by atoms with Crippen LogP contribution in [0, 0.1) is 11.6 Å². The third-order valence-corrected chi connectivity index (χ3v) is 2.24. The Labute approximate surface area is 97.8 Å². The maximum Gasteiger partial charge on any atom is 0.186 e. The molecule has 0 spiro atoms. The number of imidazole rings is 1. The topological polar surface area (TPSA) is 37.9 Å². The number of fused-ring (bicyclic) bond motifs is 1. The molecule has 2 aromatic rings. The highest BCUT2D eigenvalue weighted by Crippen LogP contribution is 2.19. The number of nitrogens with one attached hydrogen (secondary N) is 1. The molecule has 2 rings (SSSR count). The molecule has 1 heterocycles. The fourth-order valence-electron chi connectivity index (χ4n) is 1.42. The minimum absolute atomic E-state index is 0.0116. The molecule has 1 aromatic heterocycles. The van der Waals surface area contributed by atoms with Crippen LogP contribution in [0.4, 0.5) is 8.78 Å². The zero-order chi connectivity index (χ0) is 12.6. The number of rotatable bonds is 2. The summed E-state index contributed by atoms with van der Waals surface area (Å²) in [5.41, 5.74) is 0.178. The largest absolute Gasteiger partial charge is 0.368 e. The first-order chi connectivity index (χ1) is 7.87. The Kier molecular flexibility index (Phi) is 2.87. The number of halogens is 2. The van der Waals surface area contributed by atoms with E-state index in [9.17, 15) is 8.78 Å². The average Bonchev–Trinajstić information content (AvgIpc) is 2.64. The molecule has 92 valence electrons. The lowest BCUT2D eigenvalue weighted by Gasteiger charge is -2.18. The molecule has 0 bridgehead atoms. The van der Waals surface area contributed by atoms with E-state index < -0.39 is 11.6 Å². The molecule has 1 N–H and O–H groups in total. The summed E-state index contributed by atoms with van der Waals surface area (Å²) in [6.45, 7) is 5.97. The summed E-state index contributed by atoms with van der Waals surface area (Å²) in [4.78, 5) is 6.87. The predicted octanol–water partition coefficient (Wildman–Crippen LogP) is 3.16. The van der Waals surface area contributed by atoms with Crippen molar-refractivity contribution in [3.8, 4) is 0 Å². The average molecular weight is 240 g/mol. The molecule has 0 aliphatic rings. The van der Waals surface area contributed by atoms with E-state index in [2.05, 4.69) is 9.97 Å². The number of ether oxygens (including phenoxy) is 1. The monoisotopic (exact) mass is 240 g/mol. The first-order valence-electron chi connectivity index (χ1n) is 5.33. The molecule has 0 saturated carbocycles. The standard InChI is InChI=1S/C12H14F2N2O/c1-12(2,3)17-6-9-15-8-5-4-7(13)10(14)11(8)16-9/h4-5H,6H2,1-3H3,(H,15,16). The van der Waals surface area contributed by atoms with Crippen molar-refractivity contribution in [1.29, 1.82) is 0 Å². The predicted molar refractivity (Wildman–Crippen MR) is 60.6 cm³/mol. The zero-order valence-electron chi connectivity index (χ0n) is 9.97.